The van der Waals surface area contributed by atoms with Gasteiger partial charge in [-0.2, -0.15) is 5.10 Å². The third-order valence-electron chi connectivity index (χ3n) is 2.65. The molecule has 0 fully saturated rings. The summed E-state index contributed by atoms with van der Waals surface area (Å²) in [5, 5.41) is 8.52. The number of benzene rings is 1. The average Bonchev–Trinajstić information content (AvgIpc) is 2.73. The van der Waals surface area contributed by atoms with E-state index in [1.165, 1.54) is 10.5 Å². The molecule has 0 aliphatic heterocycles. The van der Waals surface area contributed by atoms with Crippen LogP contribution in [0.2, 0.25) is 0 Å². The van der Waals surface area contributed by atoms with E-state index in [0.717, 1.165) is 11.7 Å². The molecule has 0 aliphatic rings. The first-order chi connectivity index (χ1) is 8.96. The van der Waals surface area contributed by atoms with Gasteiger partial charge in [0.1, 0.15) is 6.33 Å². The van der Waals surface area contributed by atoms with Crippen LogP contribution in [0.25, 0.3) is 0 Å². The summed E-state index contributed by atoms with van der Waals surface area (Å²) in [7, 11) is 1.91. The second-order valence-corrected chi connectivity index (χ2v) is 6.49. The van der Waals surface area contributed by atoms with Gasteiger partial charge >= 0.3 is 0 Å². The largest absolute Gasteiger partial charge is 0.308 e. The van der Waals surface area contributed by atoms with Gasteiger partial charge in [0.25, 0.3) is 0 Å². The predicted octanol–water partition coefficient (Wildman–Crippen LogP) is 2.85. The highest BCUT2D eigenvalue weighted by atomic mass is 32.2. The quantitative estimate of drug-likeness (QED) is 0.932. The van der Waals surface area contributed by atoms with Gasteiger partial charge < -0.3 is 5.32 Å². The molecule has 102 valence electrons. The third kappa shape index (κ3) is 4.08. The van der Waals surface area contributed by atoms with Gasteiger partial charge in [-0.05, 0) is 44.2 Å². The number of hydrogen-bond donors (Lipinski definition) is 1. The SMILES string of the molecule is Cn1ncnc1Sc1ccccc1CNC(C)(C)C. The normalized spacial score (nSPS) is 11.8. The van der Waals surface area contributed by atoms with Crippen molar-refractivity contribution in [1.82, 2.24) is 20.1 Å². The summed E-state index contributed by atoms with van der Waals surface area (Å²) in [6.45, 7) is 7.37. The number of aryl methyl sites for hydroxylation is 1. The Morgan fingerprint density at radius 2 is 2.00 bits per heavy atom. The minimum absolute atomic E-state index is 0.114. The van der Waals surface area contributed by atoms with Gasteiger partial charge in [-0.25, -0.2) is 9.67 Å². The van der Waals surface area contributed by atoms with E-state index in [1.54, 1.807) is 22.8 Å². The molecule has 0 saturated heterocycles. The summed E-state index contributed by atoms with van der Waals surface area (Å²) in [5.74, 6) is 0. The van der Waals surface area contributed by atoms with Crippen molar-refractivity contribution >= 4 is 11.8 Å². The summed E-state index contributed by atoms with van der Waals surface area (Å²) in [4.78, 5) is 5.47. The van der Waals surface area contributed by atoms with Crippen molar-refractivity contribution in [1.29, 1.82) is 0 Å². The van der Waals surface area contributed by atoms with Crippen molar-refractivity contribution < 1.29 is 0 Å². The monoisotopic (exact) mass is 276 g/mol. The Morgan fingerprint density at radius 1 is 1.26 bits per heavy atom. The molecule has 0 amide bonds. The van der Waals surface area contributed by atoms with Crippen LogP contribution in [-0.2, 0) is 13.6 Å². The molecule has 1 N–H and O–H groups in total. The first-order valence-electron chi connectivity index (χ1n) is 6.30. The van der Waals surface area contributed by atoms with Gasteiger partial charge in [0.15, 0.2) is 5.16 Å². The highest BCUT2D eigenvalue weighted by Gasteiger charge is 2.12. The summed E-state index contributed by atoms with van der Waals surface area (Å²) in [6, 6.07) is 8.40. The molecule has 5 heteroatoms. The van der Waals surface area contributed by atoms with E-state index in [2.05, 4.69) is 60.4 Å². The Hall–Kier alpha value is -1.33. The van der Waals surface area contributed by atoms with Gasteiger partial charge in [-0.3, -0.25) is 0 Å². The molecule has 19 heavy (non-hydrogen) atoms. The predicted molar refractivity (Wildman–Crippen MR) is 78.2 cm³/mol. The van der Waals surface area contributed by atoms with E-state index in [0.29, 0.717) is 0 Å². The zero-order chi connectivity index (χ0) is 13.9. The fourth-order valence-electron chi connectivity index (χ4n) is 1.59. The van der Waals surface area contributed by atoms with Crippen LogP contribution in [0.5, 0.6) is 0 Å². The van der Waals surface area contributed by atoms with Crippen molar-refractivity contribution in [2.24, 2.45) is 7.05 Å². The van der Waals surface area contributed by atoms with E-state index < -0.39 is 0 Å². The van der Waals surface area contributed by atoms with E-state index in [4.69, 9.17) is 0 Å². The lowest BCUT2D eigenvalue weighted by Gasteiger charge is -2.21. The maximum absolute atomic E-state index is 4.26. The maximum Gasteiger partial charge on any atom is 0.190 e. The molecule has 4 nitrogen and oxygen atoms in total. The summed E-state index contributed by atoms with van der Waals surface area (Å²) < 4.78 is 1.79. The summed E-state index contributed by atoms with van der Waals surface area (Å²) in [6.07, 6.45) is 1.58. The van der Waals surface area contributed by atoms with Crippen LogP contribution < -0.4 is 5.32 Å². The molecule has 0 bridgehead atoms. The van der Waals surface area contributed by atoms with Crippen LogP contribution >= 0.6 is 11.8 Å². The van der Waals surface area contributed by atoms with Gasteiger partial charge in [0, 0.05) is 24.0 Å². The average molecular weight is 276 g/mol. The number of aromatic nitrogens is 3. The van der Waals surface area contributed by atoms with Crippen LogP contribution in [0.4, 0.5) is 0 Å². The van der Waals surface area contributed by atoms with Crippen LogP contribution in [0.3, 0.4) is 0 Å². The molecular formula is C14H20N4S. The molecule has 0 aliphatic carbocycles. The van der Waals surface area contributed by atoms with Crippen molar-refractivity contribution in [3.63, 3.8) is 0 Å². The lowest BCUT2D eigenvalue weighted by Crippen LogP contribution is -2.35. The van der Waals surface area contributed by atoms with Crippen LogP contribution in [-0.4, -0.2) is 20.3 Å². The molecule has 1 aromatic carbocycles. The van der Waals surface area contributed by atoms with Crippen molar-refractivity contribution in [3.05, 3.63) is 36.2 Å². The lowest BCUT2D eigenvalue weighted by atomic mass is 10.1. The molecule has 0 saturated carbocycles. The standard InChI is InChI=1S/C14H20N4S/c1-14(2,3)16-9-11-7-5-6-8-12(11)19-13-15-10-17-18(13)4/h5-8,10,16H,9H2,1-4H3. The van der Waals surface area contributed by atoms with E-state index in [1.807, 2.05) is 7.05 Å². The summed E-state index contributed by atoms with van der Waals surface area (Å²) >= 11 is 1.65. The molecule has 2 rings (SSSR count). The molecule has 1 heterocycles. The fraction of sp³-hybridized carbons (Fsp3) is 0.429. The molecule has 0 radical (unpaired) electrons. The van der Waals surface area contributed by atoms with Crippen molar-refractivity contribution in [2.75, 3.05) is 0 Å². The summed E-state index contributed by atoms with van der Waals surface area (Å²) in [5.41, 5.74) is 1.40. The topological polar surface area (TPSA) is 42.7 Å². The van der Waals surface area contributed by atoms with Gasteiger partial charge in [0.05, 0.1) is 0 Å². The maximum atomic E-state index is 4.26. The first-order valence-corrected chi connectivity index (χ1v) is 7.12. The number of nitrogens with zero attached hydrogens (tertiary/aromatic N) is 3. The second kappa shape index (κ2) is 5.75. The minimum atomic E-state index is 0.114. The second-order valence-electron chi connectivity index (χ2n) is 5.48. The van der Waals surface area contributed by atoms with E-state index in [-0.39, 0.29) is 5.54 Å². The van der Waals surface area contributed by atoms with Crippen LogP contribution in [0.15, 0.2) is 40.6 Å². The number of hydrogen-bond acceptors (Lipinski definition) is 4. The Kier molecular flexibility index (Phi) is 4.27. The highest BCUT2D eigenvalue weighted by Crippen LogP contribution is 2.28. The smallest absolute Gasteiger partial charge is 0.190 e. The first kappa shape index (κ1) is 14.1. The van der Waals surface area contributed by atoms with Crippen molar-refractivity contribution in [3.8, 4) is 0 Å². The van der Waals surface area contributed by atoms with E-state index in [9.17, 15) is 0 Å². The van der Waals surface area contributed by atoms with Gasteiger partial charge in [-0.1, -0.05) is 18.2 Å². The molecule has 0 spiro atoms. The Bertz CT molecular complexity index is 542. The Morgan fingerprint density at radius 3 is 2.63 bits per heavy atom. The molecular weight excluding hydrogens is 256 g/mol. The minimum Gasteiger partial charge on any atom is -0.308 e. The molecule has 1 aromatic heterocycles. The third-order valence-corrected chi connectivity index (χ3v) is 3.82. The zero-order valence-electron chi connectivity index (χ0n) is 11.8. The molecule has 2 aromatic rings. The molecule has 0 unspecified atom stereocenters. The van der Waals surface area contributed by atoms with Crippen LogP contribution in [0, 0.1) is 0 Å². The van der Waals surface area contributed by atoms with Crippen molar-refractivity contribution in [2.45, 2.75) is 42.9 Å². The zero-order valence-corrected chi connectivity index (χ0v) is 12.7. The Labute approximate surface area is 118 Å². The van der Waals surface area contributed by atoms with Crippen LogP contribution in [0.1, 0.15) is 26.3 Å². The Balaban J connectivity index is 2.15. The van der Waals surface area contributed by atoms with Gasteiger partial charge in [-0.15, -0.1) is 0 Å². The molecule has 0 atom stereocenters. The highest BCUT2D eigenvalue weighted by molar-refractivity contribution is 7.99. The van der Waals surface area contributed by atoms with E-state index >= 15 is 0 Å². The fourth-order valence-corrected chi connectivity index (χ4v) is 2.48. The lowest BCUT2D eigenvalue weighted by molar-refractivity contribution is 0.422. The number of rotatable bonds is 4. The number of nitrogens with one attached hydrogen (secondary N) is 1. The van der Waals surface area contributed by atoms with Gasteiger partial charge in [0.2, 0.25) is 0 Å².